The molecular formula is C11H9N3OS. The number of thiazole rings is 1. The summed E-state index contributed by atoms with van der Waals surface area (Å²) in [5.41, 5.74) is 6.74. The van der Waals surface area contributed by atoms with Gasteiger partial charge in [0.25, 0.3) is 0 Å². The fourth-order valence-corrected chi connectivity index (χ4v) is 1.74. The second-order valence-corrected chi connectivity index (χ2v) is 4.06. The smallest absolute Gasteiger partial charge is 0.142 e. The van der Waals surface area contributed by atoms with Gasteiger partial charge in [-0.15, -0.1) is 11.3 Å². The third-order valence-electron chi connectivity index (χ3n) is 1.97. The average Bonchev–Trinajstić information content (AvgIpc) is 2.80. The minimum absolute atomic E-state index is 0.397. The van der Waals surface area contributed by atoms with Crippen molar-refractivity contribution in [1.29, 1.82) is 5.26 Å². The highest BCUT2D eigenvalue weighted by molar-refractivity contribution is 7.09. The maximum Gasteiger partial charge on any atom is 0.142 e. The zero-order valence-electron chi connectivity index (χ0n) is 8.38. The van der Waals surface area contributed by atoms with E-state index < -0.39 is 0 Å². The van der Waals surface area contributed by atoms with Gasteiger partial charge in [-0.2, -0.15) is 5.26 Å². The summed E-state index contributed by atoms with van der Waals surface area (Å²) >= 11 is 1.53. The van der Waals surface area contributed by atoms with Crippen molar-refractivity contribution in [2.45, 2.75) is 6.61 Å². The third kappa shape index (κ3) is 2.30. The molecule has 0 saturated carbocycles. The number of benzene rings is 1. The Labute approximate surface area is 96.9 Å². The Kier molecular flexibility index (Phi) is 3.03. The summed E-state index contributed by atoms with van der Waals surface area (Å²) in [6.07, 6.45) is 1.73. The standard InChI is InChI=1S/C11H9N3OS/c12-6-8-1-2-10(9(13)5-8)15-7-11-14-3-4-16-11/h1-5H,7,13H2. The second kappa shape index (κ2) is 4.64. The second-order valence-electron chi connectivity index (χ2n) is 3.08. The summed E-state index contributed by atoms with van der Waals surface area (Å²) in [6, 6.07) is 6.98. The molecule has 0 fully saturated rings. The molecule has 2 rings (SSSR count). The Morgan fingerprint density at radius 2 is 2.38 bits per heavy atom. The van der Waals surface area contributed by atoms with Crippen LogP contribution in [-0.4, -0.2) is 4.98 Å². The summed E-state index contributed by atoms with van der Waals surface area (Å²) in [5, 5.41) is 11.5. The maximum atomic E-state index is 8.68. The Balaban J connectivity index is 2.08. The lowest BCUT2D eigenvalue weighted by molar-refractivity contribution is 0.307. The molecule has 1 heterocycles. The van der Waals surface area contributed by atoms with Crippen LogP contribution in [0.4, 0.5) is 5.69 Å². The molecule has 1 aromatic carbocycles. The lowest BCUT2D eigenvalue weighted by Crippen LogP contribution is -1.98. The first kappa shape index (κ1) is 10.5. The predicted molar refractivity (Wildman–Crippen MR) is 62.0 cm³/mol. The van der Waals surface area contributed by atoms with E-state index >= 15 is 0 Å². The Bertz CT molecular complexity index is 517. The summed E-state index contributed by atoms with van der Waals surface area (Å²) in [7, 11) is 0. The number of nitriles is 1. The van der Waals surface area contributed by atoms with E-state index in [2.05, 4.69) is 4.98 Å². The highest BCUT2D eigenvalue weighted by Crippen LogP contribution is 2.23. The van der Waals surface area contributed by atoms with Crippen molar-refractivity contribution in [3.05, 3.63) is 40.3 Å². The fourth-order valence-electron chi connectivity index (χ4n) is 1.21. The molecular weight excluding hydrogens is 222 g/mol. The molecule has 0 spiro atoms. The van der Waals surface area contributed by atoms with E-state index in [0.717, 1.165) is 5.01 Å². The first-order chi connectivity index (χ1) is 7.79. The molecule has 0 aliphatic carbocycles. The van der Waals surface area contributed by atoms with Crippen LogP contribution in [0.2, 0.25) is 0 Å². The minimum Gasteiger partial charge on any atom is -0.484 e. The molecule has 4 nitrogen and oxygen atoms in total. The first-order valence-corrected chi connectivity index (χ1v) is 5.48. The summed E-state index contributed by atoms with van der Waals surface area (Å²) in [4.78, 5) is 4.10. The van der Waals surface area contributed by atoms with Crippen LogP contribution in [-0.2, 0) is 6.61 Å². The molecule has 1 aromatic heterocycles. The minimum atomic E-state index is 0.397. The van der Waals surface area contributed by atoms with Gasteiger partial charge >= 0.3 is 0 Å². The van der Waals surface area contributed by atoms with E-state index in [1.54, 1.807) is 24.4 Å². The number of nitrogens with zero attached hydrogens (tertiary/aromatic N) is 2. The molecule has 2 N–H and O–H groups in total. The van der Waals surface area contributed by atoms with Gasteiger partial charge in [-0.05, 0) is 18.2 Å². The number of nitrogen functional groups attached to an aromatic ring is 1. The van der Waals surface area contributed by atoms with Gasteiger partial charge in [-0.1, -0.05) is 0 Å². The number of hydrogen-bond donors (Lipinski definition) is 1. The van der Waals surface area contributed by atoms with Gasteiger partial charge in [-0.3, -0.25) is 0 Å². The Hall–Kier alpha value is -2.06. The van der Waals surface area contributed by atoms with Crippen molar-refractivity contribution in [2.75, 3.05) is 5.73 Å². The largest absolute Gasteiger partial charge is 0.484 e. The number of nitrogens with two attached hydrogens (primary N) is 1. The molecule has 2 aromatic rings. The van der Waals surface area contributed by atoms with Crippen LogP contribution >= 0.6 is 11.3 Å². The molecule has 0 unspecified atom stereocenters. The normalized spacial score (nSPS) is 9.69. The number of hydrogen-bond acceptors (Lipinski definition) is 5. The molecule has 5 heteroatoms. The molecule has 80 valence electrons. The monoisotopic (exact) mass is 231 g/mol. The van der Waals surface area contributed by atoms with Gasteiger partial charge in [0.05, 0.1) is 17.3 Å². The number of rotatable bonds is 3. The zero-order chi connectivity index (χ0) is 11.4. The van der Waals surface area contributed by atoms with Crippen molar-refractivity contribution in [1.82, 2.24) is 4.98 Å². The van der Waals surface area contributed by atoms with Crippen molar-refractivity contribution < 1.29 is 4.74 Å². The molecule has 0 saturated heterocycles. The van der Waals surface area contributed by atoms with Crippen molar-refractivity contribution in [2.24, 2.45) is 0 Å². The molecule has 0 aliphatic rings. The quantitative estimate of drug-likeness (QED) is 0.822. The summed E-state index contributed by atoms with van der Waals surface area (Å²) in [5.74, 6) is 0.578. The van der Waals surface area contributed by atoms with Crippen molar-refractivity contribution in [3.8, 4) is 11.8 Å². The molecule has 0 amide bonds. The van der Waals surface area contributed by atoms with E-state index in [0.29, 0.717) is 23.6 Å². The summed E-state index contributed by atoms with van der Waals surface area (Å²) < 4.78 is 5.49. The van der Waals surface area contributed by atoms with Gasteiger partial charge in [0.1, 0.15) is 17.4 Å². The highest BCUT2D eigenvalue weighted by atomic mass is 32.1. The zero-order valence-corrected chi connectivity index (χ0v) is 9.20. The van der Waals surface area contributed by atoms with Crippen LogP contribution in [0.3, 0.4) is 0 Å². The van der Waals surface area contributed by atoms with Crippen LogP contribution in [0, 0.1) is 11.3 Å². The fraction of sp³-hybridized carbons (Fsp3) is 0.0909. The van der Waals surface area contributed by atoms with Crippen LogP contribution in [0.1, 0.15) is 10.6 Å². The van der Waals surface area contributed by atoms with Crippen LogP contribution in [0.25, 0.3) is 0 Å². The number of ether oxygens (including phenoxy) is 1. The lowest BCUT2D eigenvalue weighted by atomic mass is 10.2. The molecule has 0 radical (unpaired) electrons. The van der Waals surface area contributed by atoms with Crippen molar-refractivity contribution >= 4 is 17.0 Å². The van der Waals surface area contributed by atoms with E-state index in [9.17, 15) is 0 Å². The molecule has 16 heavy (non-hydrogen) atoms. The number of anilines is 1. The molecule has 0 aliphatic heterocycles. The van der Waals surface area contributed by atoms with E-state index in [1.807, 2.05) is 11.4 Å². The van der Waals surface area contributed by atoms with Crippen LogP contribution in [0.15, 0.2) is 29.8 Å². The Morgan fingerprint density at radius 3 is 3.00 bits per heavy atom. The third-order valence-corrected chi connectivity index (χ3v) is 2.73. The molecule has 0 bridgehead atoms. The lowest BCUT2D eigenvalue weighted by Gasteiger charge is -2.06. The molecule has 0 atom stereocenters. The van der Waals surface area contributed by atoms with Crippen molar-refractivity contribution in [3.63, 3.8) is 0 Å². The van der Waals surface area contributed by atoms with Gasteiger partial charge in [-0.25, -0.2) is 4.98 Å². The van der Waals surface area contributed by atoms with E-state index in [4.69, 9.17) is 15.7 Å². The SMILES string of the molecule is N#Cc1ccc(OCc2nccs2)c(N)c1. The van der Waals surface area contributed by atoms with Gasteiger partial charge in [0, 0.05) is 11.6 Å². The van der Waals surface area contributed by atoms with E-state index in [1.165, 1.54) is 11.3 Å². The Morgan fingerprint density at radius 1 is 1.50 bits per heavy atom. The van der Waals surface area contributed by atoms with Gasteiger partial charge in [0.2, 0.25) is 0 Å². The summed E-state index contributed by atoms with van der Waals surface area (Å²) in [6.45, 7) is 0.397. The number of aromatic nitrogens is 1. The van der Waals surface area contributed by atoms with Gasteiger partial charge < -0.3 is 10.5 Å². The van der Waals surface area contributed by atoms with Crippen LogP contribution < -0.4 is 10.5 Å². The first-order valence-electron chi connectivity index (χ1n) is 4.60. The average molecular weight is 231 g/mol. The highest BCUT2D eigenvalue weighted by Gasteiger charge is 2.03. The van der Waals surface area contributed by atoms with Gasteiger partial charge in [0.15, 0.2) is 0 Å². The predicted octanol–water partition coefficient (Wildman–Crippen LogP) is 2.18. The maximum absolute atomic E-state index is 8.68. The van der Waals surface area contributed by atoms with Crippen LogP contribution in [0.5, 0.6) is 5.75 Å². The van der Waals surface area contributed by atoms with E-state index in [-0.39, 0.29) is 0 Å². The topological polar surface area (TPSA) is 71.9 Å².